The van der Waals surface area contributed by atoms with E-state index in [1.54, 1.807) is 12.3 Å². The van der Waals surface area contributed by atoms with Crippen LogP contribution >= 0.6 is 23.5 Å². The van der Waals surface area contributed by atoms with Gasteiger partial charge in [0.2, 0.25) is 11.8 Å². The molecule has 2 saturated heterocycles. The van der Waals surface area contributed by atoms with Crippen LogP contribution in [0.5, 0.6) is 0 Å². The molecule has 3 aliphatic rings. The molecule has 3 heterocycles. The molecule has 0 bridgehead atoms. The van der Waals surface area contributed by atoms with Crippen LogP contribution in [0.15, 0.2) is 22.1 Å². The van der Waals surface area contributed by atoms with Gasteiger partial charge in [-0.3, -0.25) is 9.59 Å². The van der Waals surface area contributed by atoms with Crippen LogP contribution in [-0.4, -0.2) is 68.6 Å². The first-order valence-electron chi connectivity index (χ1n) is 9.18. The van der Waals surface area contributed by atoms with E-state index in [4.69, 9.17) is 5.73 Å². The van der Waals surface area contributed by atoms with Crippen molar-refractivity contribution in [2.24, 2.45) is 17.6 Å². The van der Waals surface area contributed by atoms with Gasteiger partial charge in [-0.25, -0.2) is 4.79 Å². The highest BCUT2D eigenvalue weighted by Gasteiger charge is 2.60. The van der Waals surface area contributed by atoms with Crippen LogP contribution in [0.3, 0.4) is 0 Å². The highest BCUT2D eigenvalue weighted by atomic mass is 32.2. The van der Waals surface area contributed by atoms with E-state index in [2.05, 4.69) is 5.32 Å². The maximum Gasteiger partial charge on any atom is 0.353 e. The lowest BCUT2D eigenvalue weighted by molar-refractivity contribution is -0.163. The summed E-state index contributed by atoms with van der Waals surface area (Å²) in [6, 6.07) is -0.0183. The Labute approximate surface area is 172 Å². The van der Waals surface area contributed by atoms with Gasteiger partial charge < -0.3 is 26.2 Å². The third-order valence-electron chi connectivity index (χ3n) is 5.41. The van der Waals surface area contributed by atoms with Crippen molar-refractivity contribution in [2.45, 2.75) is 43.7 Å². The second-order valence-electron chi connectivity index (χ2n) is 7.39. The first kappa shape index (κ1) is 21.2. The second kappa shape index (κ2) is 8.48. The lowest BCUT2D eigenvalue weighted by Crippen LogP contribution is -2.63. The van der Waals surface area contributed by atoms with E-state index in [1.165, 1.54) is 34.5 Å². The van der Waals surface area contributed by atoms with Crippen molar-refractivity contribution in [3.05, 3.63) is 22.1 Å². The summed E-state index contributed by atoms with van der Waals surface area (Å²) >= 11 is 3.03. The van der Waals surface area contributed by atoms with E-state index in [0.29, 0.717) is 0 Å². The Morgan fingerprint density at radius 2 is 2.18 bits per heavy atom. The number of carboxylic acid groups (broad SMARTS) is 1. The van der Waals surface area contributed by atoms with E-state index in [-0.39, 0.29) is 34.9 Å². The quantitative estimate of drug-likeness (QED) is 0.322. The number of primary amides is 1. The van der Waals surface area contributed by atoms with Gasteiger partial charge in [0.1, 0.15) is 5.70 Å². The van der Waals surface area contributed by atoms with Gasteiger partial charge in [-0.05, 0) is 18.8 Å². The SMILES string of the molecule is C[C@H]1C(S[C@@H]2CN[C@H](CS/C=C/C(N)=O)C2)=C(C(=O)O)N2C(=O)[C@H]([C@@H](C)O)C12. The van der Waals surface area contributed by atoms with Crippen molar-refractivity contribution in [1.82, 2.24) is 10.2 Å². The van der Waals surface area contributed by atoms with Crippen molar-refractivity contribution < 1.29 is 24.6 Å². The van der Waals surface area contributed by atoms with Gasteiger partial charge in [-0.1, -0.05) is 6.92 Å². The lowest BCUT2D eigenvalue weighted by Gasteiger charge is -2.46. The summed E-state index contributed by atoms with van der Waals surface area (Å²) in [4.78, 5) is 37.0. The fourth-order valence-corrected chi connectivity index (χ4v) is 6.49. The van der Waals surface area contributed by atoms with Crippen LogP contribution in [0.2, 0.25) is 0 Å². The highest BCUT2D eigenvalue weighted by Crippen LogP contribution is 2.51. The monoisotopic (exact) mass is 427 g/mol. The number of carbonyl (C=O) groups is 3. The number of carbonyl (C=O) groups excluding carboxylic acids is 2. The Bertz CT molecular complexity index is 739. The van der Waals surface area contributed by atoms with Crippen LogP contribution in [0.1, 0.15) is 20.3 Å². The molecule has 0 aromatic heterocycles. The summed E-state index contributed by atoms with van der Waals surface area (Å²) < 4.78 is 0. The van der Waals surface area contributed by atoms with Gasteiger partial charge in [0.25, 0.3) is 0 Å². The van der Waals surface area contributed by atoms with E-state index < -0.39 is 23.9 Å². The number of nitrogens with one attached hydrogen (secondary N) is 1. The first-order chi connectivity index (χ1) is 13.2. The summed E-state index contributed by atoms with van der Waals surface area (Å²) in [7, 11) is 0. The van der Waals surface area contributed by atoms with Gasteiger partial charge in [-0.15, -0.1) is 23.5 Å². The van der Waals surface area contributed by atoms with E-state index >= 15 is 0 Å². The zero-order chi connectivity index (χ0) is 20.6. The summed E-state index contributed by atoms with van der Waals surface area (Å²) in [5.74, 6) is -1.73. The van der Waals surface area contributed by atoms with Gasteiger partial charge in [-0.2, -0.15) is 0 Å². The predicted octanol–water partition coefficient (Wildman–Crippen LogP) is 0.336. The van der Waals surface area contributed by atoms with E-state index in [1.807, 2.05) is 6.92 Å². The number of fused-ring (bicyclic) bond motifs is 1. The average Bonchev–Trinajstić information content (AvgIpc) is 3.14. The molecular formula is C18H25N3O5S2. The molecule has 0 aromatic carbocycles. The van der Waals surface area contributed by atoms with Crippen LogP contribution in [0.4, 0.5) is 0 Å². The number of hydrogen-bond donors (Lipinski definition) is 4. The Kier molecular flexibility index (Phi) is 6.43. The molecule has 6 atom stereocenters. The third-order valence-corrected chi connectivity index (χ3v) is 7.85. The minimum atomic E-state index is -1.09. The van der Waals surface area contributed by atoms with Crippen molar-refractivity contribution in [2.75, 3.05) is 12.3 Å². The van der Waals surface area contributed by atoms with E-state index in [0.717, 1.165) is 23.6 Å². The van der Waals surface area contributed by atoms with Gasteiger partial charge >= 0.3 is 5.97 Å². The minimum Gasteiger partial charge on any atom is -0.477 e. The molecule has 8 nitrogen and oxygen atoms in total. The number of amides is 2. The highest BCUT2D eigenvalue weighted by molar-refractivity contribution is 8.03. The number of nitrogens with two attached hydrogens (primary N) is 1. The number of aliphatic hydroxyl groups excluding tert-OH is 1. The van der Waals surface area contributed by atoms with Crippen molar-refractivity contribution in [1.29, 1.82) is 0 Å². The Balaban J connectivity index is 1.64. The average molecular weight is 428 g/mol. The molecule has 0 saturated carbocycles. The zero-order valence-corrected chi connectivity index (χ0v) is 17.3. The Hall–Kier alpha value is -1.49. The molecule has 10 heteroatoms. The molecule has 5 N–H and O–H groups in total. The number of hydrogen-bond acceptors (Lipinski definition) is 7. The molecule has 1 unspecified atom stereocenters. The molecule has 3 aliphatic heterocycles. The fourth-order valence-electron chi connectivity index (χ4n) is 4.14. The molecule has 154 valence electrons. The van der Waals surface area contributed by atoms with Gasteiger partial charge in [0, 0.05) is 40.5 Å². The van der Waals surface area contributed by atoms with Crippen LogP contribution in [0, 0.1) is 11.8 Å². The van der Waals surface area contributed by atoms with Crippen LogP contribution in [0.25, 0.3) is 0 Å². The van der Waals surface area contributed by atoms with Crippen LogP contribution < -0.4 is 11.1 Å². The van der Waals surface area contributed by atoms with Crippen molar-refractivity contribution in [3.63, 3.8) is 0 Å². The minimum absolute atomic E-state index is 0.0756. The maximum atomic E-state index is 12.4. The molecule has 0 radical (unpaired) electrons. The van der Waals surface area contributed by atoms with Crippen molar-refractivity contribution in [3.8, 4) is 0 Å². The van der Waals surface area contributed by atoms with Gasteiger partial charge in [0.15, 0.2) is 0 Å². The molecular weight excluding hydrogens is 402 g/mol. The normalized spacial score (nSPS) is 33.3. The molecule has 2 amide bonds. The Morgan fingerprint density at radius 1 is 1.46 bits per heavy atom. The number of carboxylic acids is 1. The van der Waals surface area contributed by atoms with Crippen LogP contribution in [-0.2, 0) is 14.4 Å². The molecule has 0 aliphatic carbocycles. The number of thioether (sulfide) groups is 2. The van der Waals surface area contributed by atoms with Crippen molar-refractivity contribution >= 4 is 41.3 Å². The molecule has 3 rings (SSSR count). The number of β-lactam (4-membered cyclic amide) rings is 1. The topological polar surface area (TPSA) is 133 Å². The molecule has 0 spiro atoms. The number of aliphatic hydroxyl groups is 1. The summed E-state index contributed by atoms with van der Waals surface area (Å²) in [5, 5.41) is 24.9. The maximum absolute atomic E-state index is 12.4. The summed E-state index contributed by atoms with van der Waals surface area (Å²) in [6.07, 6.45) is 1.40. The largest absolute Gasteiger partial charge is 0.477 e. The predicted molar refractivity (Wildman–Crippen MR) is 108 cm³/mol. The number of nitrogens with zero attached hydrogens (tertiary/aromatic N) is 1. The number of rotatable bonds is 8. The standard InChI is InChI=1S/C18H25N3O5S2/c1-8-14-13(9(2)22)17(24)21(14)15(18(25)26)16(8)28-11-5-10(20-6-11)7-27-4-3-12(19)23/h3-4,8-11,13-14,20,22H,5-7H2,1-2H3,(H2,19,23)(H,25,26)/b4-3+/t8-,9-,10+,11+,13-,14?/m1/s1. The summed E-state index contributed by atoms with van der Waals surface area (Å²) in [6.45, 7) is 4.26. The summed E-state index contributed by atoms with van der Waals surface area (Å²) in [5.41, 5.74) is 5.14. The first-order valence-corrected chi connectivity index (χ1v) is 11.1. The number of aliphatic carboxylic acids is 1. The molecule has 0 aromatic rings. The smallest absolute Gasteiger partial charge is 0.353 e. The second-order valence-corrected chi connectivity index (χ2v) is 9.67. The van der Waals surface area contributed by atoms with Gasteiger partial charge in [0.05, 0.1) is 18.1 Å². The third kappa shape index (κ3) is 3.96. The van der Waals surface area contributed by atoms with E-state index in [9.17, 15) is 24.6 Å². The molecule has 2 fully saturated rings. The molecule has 28 heavy (non-hydrogen) atoms. The fraction of sp³-hybridized carbons (Fsp3) is 0.611. The zero-order valence-electron chi connectivity index (χ0n) is 15.7. The lowest BCUT2D eigenvalue weighted by atomic mass is 9.79. The Morgan fingerprint density at radius 3 is 2.79 bits per heavy atom.